The van der Waals surface area contributed by atoms with Gasteiger partial charge in [-0.25, -0.2) is 4.39 Å². The topological polar surface area (TPSA) is 119 Å². The number of anilines is 1. The van der Waals surface area contributed by atoms with Crippen molar-refractivity contribution in [3.05, 3.63) is 64.6 Å². The molecule has 0 aliphatic heterocycles. The van der Waals surface area contributed by atoms with Crippen LogP contribution < -0.4 is 5.32 Å². The highest BCUT2D eigenvalue weighted by Crippen LogP contribution is 2.22. The van der Waals surface area contributed by atoms with Crippen LogP contribution in [0.5, 0.6) is 0 Å². The number of nitrogens with zero attached hydrogens (tertiary/aromatic N) is 2. The van der Waals surface area contributed by atoms with Gasteiger partial charge < -0.3 is 10.4 Å². The largest absolute Gasteiger partial charge is 0.481 e. The summed E-state index contributed by atoms with van der Waals surface area (Å²) in [6.07, 6.45) is 2.94. The molecule has 1 amide bonds. The molecule has 0 fully saturated rings. The molecule has 0 atom stereocenters. The summed E-state index contributed by atoms with van der Waals surface area (Å²) < 4.78 is 14.1. The number of carboxylic acids is 1. The number of aryl methyl sites for hydroxylation is 1. The van der Waals surface area contributed by atoms with Gasteiger partial charge in [-0.1, -0.05) is 6.07 Å². The standard InChI is InChI=1S/C21H17FN4O3/c1-12-16(22)8-14(4-7-21(28)29)10-17(12)24-20(27)6-3-13-2-5-15-18(9-13)25-26-19(15)11-23/h2-3,5-6,8-10H,4,7H2,1H3,(H,24,27)(H,25,26)(H,28,29)/b6-3+. The first-order valence-corrected chi connectivity index (χ1v) is 8.75. The third-order valence-corrected chi connectivity index (χ3v) is 4.41. The molecule has 3 N–H and O–H groups in total. The fraction of sp³-hybridized carbons (Fsp3) is 0.143. The second-order valence-electron chi connectivity index (χ2n) is 6.46. The summed E-state index contributed by atoms with van der Waals surface area (Å²) in [6, 6.07) is 10.1. The average molecular weight is 392 g/mol. The van der Waals surface area contributed by atoms with Crippen LogP contribution in [0.1, 0.15) is 28.8 Å². The Hall–Kier alpha value is -3.99. The Morgan fingerprint density at radius 3 is 2.86 bits per heavy atom. The smallest absolute Gasteiger partial charge is 0.303 e. The van der Waals surface area contributed by atoms with E-state index in [-0.39, 0.29) is 18.4 Å². The summed E-state index contributed by atoms with van der Waals surface area (Å²) in [5, 5.41) is 27.7. The molecule has 3 aromatic rings. The van der Waals surface area contributed by atoms with Gasteiger partial charge >= 0.3 is 5.97 Å². The molecule has 0 unspecified atom stereocenters. The Bertz CT molecular complexity index is 1170. The maximum atomic E-state index is 14.1. The molecule has 2 aromatic carbocycles. The van der Waals surface area contributed by atoms with Crippen molar-refractivity contribution in [1.82, 2.24) is 10.2 Å². The molecule has 7 nitrogen and oxygen atoms in total. The fourth-order valence-corrected chi connectivity index (χ4v) is 2.83. The molecule has 146 valence electrons. The highest BCUT2D eigenvalue weighted by atomic mass is 19.1. The van der Waals surface area contributed by atoms with Crippen molar-refractivity contribution in [1.29, 1.82) is 5.26 Å². The number of aromatic nitrogens is 2. The van der Waals surface area contributed by atoms with Crippen molar-refractivity contribution < 1.29 is 19.1 Å². The summed E-state index contributed by atoms with van der Waals surface area (Å²) in [5.41, 5.74) is 2.75. The molecule has 0 aliphatic rings. The maximum absolute atomic E-state index is 14.1. The number of carboxylic acid groups (broad SMARTS) is 1. The van der Waals surface area contributed by atoms with Gasteiger partial charge in [-0.15, -0.1) is 0 Å². The van der Waals surface area contributed by atoms with E-state index in [4.69, 9.17) is 10.4 Å². The number of hydrogen-bond acceptors (Lipinski definition) is 4. The molecule has 0 saturated carbocycles. The number of aliphatic carboxylic acids is 1. The normalized spacial score (nSPS) is 10.9. The van der Waals surface area contributed by atoms with Gasteiger partial charge in [0.05, 0.1) is 5.52 Å². The zero-order valence-electron chi connectivity index (χ0n) is 15.5. The summed E-state index contributed by atoms with van der Waals surface area (Å²) in [4.78, 5) is 23.0. The van der Waals surface area contributed by atoms with Gasteiger partial charge in [-0.2, -0.15) is 10.4 Å². The summed E-state index contributed by atoms with van der Waals surface area (Å²) in [7, 11) is 0. The lowest BCUT2D eigenvalue weighted by Crippen LogP contribution is -2.10. The van der Waals surface area contributed by atoms with Crippen molar-refractivity contribution in [2.45, 2.75) is 19.8 Å². The fourth-order valence-electron chi connectivity index (χ4n) is 2.83. The van der Waals surface area contributed by atoms with E-state index in [1.807, 2.05) is 6.07 Å². The minimum Gasteiger partial charge on any atom is -0.481 e. The minimum atomic E-state index is -0.976. The van der Waals surface area contributed by atoms with E-state index in [1.54, 1.807) is 30.3 Å². The zero-order chi connectivity index (χ0) is 21.0. The predicted octanol–water partition coefficient (Wildman–Crippen LogP) is 3.55. The van der Waals surface area contributed by atoms with Crippen LogP contribution in [0, 0.1) is 24.1 Å². The van der Waals surface area contributed by atoms with Crippen LogP contribution in [0.2, 0.25) is 0 Å². The number of amides is 1. The Morgan fingerprint density at radius 1 is 1.34 bits per heavy atom. The first-order valence-electron chi connectivity index (χ1n) is 8.75. The number of halogens is 1. The van der Waals surface area contributed by atoms with Gasteiger partial charge in [-0.05, 0) is 54.8 Å². The number of benzene rings is 2. The number of aromatic amines is 1. The second kappa shape index (κ2) is 8.35. The van der Waals surface area contributed by atoms with E-state index in [0.717, 1.165) is 5.56 Å². The number of hydrogen-bond donors (Lipinski definition) is 3. The Morgan fingerprint density at radius 2 is 2.14 bits per heavy atom. The van der Waals surface area contributed by atoms with E-state index < -0.39 is 17.7 Å². The molecule has 0 bridgehead atoms. The van der Waals surface area contributed by atoms with E-state index in [0.29, 0.717) is 27.8 Å². The van der Waals surface area contributed by atoms with Gasteiger partial charge in [-0.3, -0.25) is 14.7 Å². The van der Waals surface area contributed by atoms with Crippen molar-refractivity contribution >= 4 is 34.5 Å². The second-order valence-corrected chi connectivity index (χ2v) is 6.46. The minimum absolute atomic E-state index is 0.126. The Balaban J connectivity index is 1.74. The molecule has 1 heterocycles. The van der Waals surface area contributed by atoms with Crippen LogP contribution in [0.15, 0.2) is 36.4 Å². The number of carbonyl (C=O) groups is 2. The molecule has 3 rings (SSSR count). The number of nitrogens with one attached hydrogen (secondary N) is 2. The summed E-state index contributed by atoms with van der Waals surface area (Å²) >= 11 is 0. The molecule has 0 radical (unpaired) electrons. The average Bonchev–Trinajstić information content (AvgIpc) is 3.10. The number of rotatable bonds is 6. The Kier molecular flexibility index (Phi) is 5.69. The lowest BCUT2D eigenvalue weighted by molar-refractivity contribution is -0.137. The molecule has 29 heavy (non-hydrogen) atoms. The van der Waals surface area contributed by atoms with Gasteiger partial charge in [0.25, 0.3) is 0 Å². The number of H-pyrrole nitrogens is 1. The lowest BCUT2D eigenvalue weighted by Gasteiger charge is -2.10. The van der Waals surface area contributed by atoms with Crippen LogP contribution in [0.4, 0.5) is 10.1 Å². The first-order chi connectivity index (χ1) is 13.9. The summed E-state index contributed by atoms with van der Waals surface area (Å²) in [5.74, 6) is -1.94. The number of fused-ring (bicyclic) bond motifs is 1. The molecular weight excluding hydrogens is 375 g/mol. The maximum Gasteiger partial charge on any atom is 0.303 e. The van der Waals surface area contributed by atoms with Crippen LogP contribution in [-0.2, 0) is 16.0 Å². The van der Waals surface area contributed by atoms with Gasteiger partial charge in [0.2, 0.25) is 5.91 Å². The van der Waals surface area contributed by atoms with Crippen molar-refractivity contribution in [2.24, 2.45) is 0 Å². The van der Waals surface area contributed by atoms with E-state index in [2.05, 4.69) is 15.5 Å². The van der Waals surface area contributed by atoms with Gasteiger partial charge in [0, 0.05) is 29.1 Å². The van der Waals surface area contributed by atoms with Gasteiger partial charge in [0.15, 0.2) is 5.69 Å². The zero-order valence-corrected chi connectivity index (χ0v) is 15.5. The first kappa shape index (κ1) is 19.8. The molecule has 0 aliphatic carbocycles. The molecule has 0 spiro atoms. The van der Waals surface area contributed by atoms with E-state index in [9.17, 15) is 14.0 Å². The third-order valence-electron chi connectivity index (χ3n) is 4.41. The SMILES string of the molecule is Cc1c(F)cc(CCC(=O)O)cc1NC(=O)/C=C/c1ccc2c(C#N)n[nH]c2c1. The number of carbonyl (C=O) groups excluding carboxylic acids is 1. The van der Waals surface area contributed by atoms with Crippen LogP contribution in [0.3, 0.4) is 0 Å². The Labute approximate surface area is 165 Å². The van der Waals surface area contributed by atoms with Gasteiger partial charge in [0.1, 0.15) is 11.9 Å². The highest BCUT2D eigenvalue weighted by molar-refractivity contribution is 6.02. The van der Waals surface area contributed by atoms with Crippen LogP contribution in [-0.4, -0.2) is 27.2 Å². The van der Waals surface area contributed by atoms with Crippen LogP contribution in [0.25, 0.3) is 17.0 Å². The van der Waals surface area contributed by atoms with Crippen LogP contribution >= 0.6 is 0 Å². The highest BCUT2D eigenvalue weighted by Gasteiger charge is 2.10. The van der Waals surface area contributed by atoms with Crippen molar-refractivity contribution in [3.8, 4) is 6.07 Å². The van der Waals surface area contributed by atoms with E-state index >= 15 is 0 Å². The quantitative estimate of drug-likeness (QED) is 0.554. The summed E-state index contributed by atoms with van der Waals surface area (Å²) in [6.45, 7) is 1.54. The molecule has 0 saturated heterocycles. The predicted molar refractivity (Wildman–Crippen MR) is 106 cm³/mol. The van der Waals surface area contributed by atoms with Crippen molar-refractivity contribution in [3.63, 3.8) is 0 Å². The monoisotopic (exact) mass is 392 g/mol. The molecule has 1 aromatic heterocycles. The molecule has 8 heteroatoms. The van der Waals surface area contributed by atoms with Crippen molar-refractivity contribution in [2.75, 3.05) is 5.32 Å². The lowest BCUT2D eigenvalue weighted by atomic mass is 10.0. The molecular formula is C21H17FN4O3. The third kappa shape index (κ3) is 4.65. The van der Waals surface area contributed by atoms with E-state index in [1.165, 1.54) is 19.1 Å². The number of nitriles is 1.